The Morgan fingerprint density at radius 1 is 1.00 bits per heavy atom. The molecule has 0 aliphatic heterocycles. The van der Waals surface area contributed by atoms with Gasteiger partial charge in [-0.3, -0.25) is 4.79 Å². The number of hydrogen-bond donors (Lipinski definition) is 2. The number of nitrogens with two attached hydrogens (primary N) is 2. The summed E-state index contributed by atoms with van der Waals surface area (Å²) < 4.78 is 39.2. The third kappa shape index (κ3) is 4.32. The molecule has 0 radical (unpaired) electrons. The third-order valence-corrected chi connectivity index (χ3v) is 5.09. The van der Waals surface area contributed by atoms with Crippen molar-refractivity contribution < 1.29 is 18.0 Å². The second-order valence-corrected chi connectivity index (χ2v) is 7.16. The molecule has 0 saturated heterocycles. The second kappa shape index (κ2) is 8.08. The highest BCUT2D eigenvalue weighted by Gasteiger charge is 2.37. The number of alkyl halides is 3. The quantitative estimate of drug-likeness (QED) is 0.621. The van der Waals surface area contributed by atoms with Crippen LogP contribution in [0.25, 0.3) is 22.5 Å². The van der Waals surface area contributed by atoms with Gasteiger partial charge in [-0.05, 0) is 42.3 Å². The van der Waals surface area contributed by atoms with Crippen LogP contribution < -0.4 is 11.5 Å². The molecule has 1 saturated carbocycles. The van der Waals surface area contributed by atoms with E-state index in [2.05, 4.69) is 4.98 Å². The molecule has 4 N–H and O–H groups in total. The van der Waals surface area contributed by atoms with Crippen LogP contribution in [0.4, 0.5) is 13.2 Å². The van der Waals surface area contributed by atoms with Crippen molar-refractivity contribution in [1.82, 2.24) is 4.98 Å². The molecule has 156 valence electrons. The van der Waals surface area contributed by atoms with E-state index in [1.165, 1.54) is 6.07 Å². The van der Waals surface area contributed by atoms with Crippen molar-refractivity contribution in [3.8, 4) is 22.5 Å². The first-order valence-electron chi connectivity index (χ1n) is 9.08. The Hall–Kier alpha value is -2.90. The molecule has 2 atom stereocenters. The number of halogens is 4. The van der Waals surface area contributed by atoms with Gasteiger partial charge in [0, 0.05) is 28.7 Å². The molecule has 0 unspecified atom stereocenters. The van der Waals surface area contributed by atoms with Crippen molar-refractivity contribution in [2.75, 3.05) is 0 Å². The van der Waals surface area contributed by atoms with Crippen LogP contribution in [0.1, 0.15) is 33.8 Å². The van der Waals surface area contributed by atoms with Crippen LogP contribution in [0.5, 0.6) is 0 Å². The van der Waals surface area contributed by atoms with Gasteiger partial charge in [-0.15, -0.1) is 12.4 Å². The minimum absolute atomic E-state index is 0. The van der Waals surface area contributed by atoms with Gasteiger partial charge in [0.05, 0.1) is 17.0 Å². The summed E-state index contributed by atoms with van der Waals surface area (Å²) in [5, 5.41) is 0. The van der Waals surface area contributed by atoms with Crippen molar-refractivity contribution in [1.29, 1.82) is 0 Å². The number of carbonyl (C=O) groups excluding carboxylic acids is 1. The maximum atomic E-state index is 13.1. The number of amides is 1. The minimum atomic E-state index is -4.43. The summed E-state index contributed by atoms with van der Waals surface area (Å²) in [7, 11) is 0. The van der Waals surface area contributed by atoms with Crippen LogP contribution in [0.15, 0.2) is 60.7 Å². The van der Waals surface area contributed by atoms with E-state index in [0.29, 0.717) is 22.5 Å². The summed E-state index contributed by atoms with van der Waals surface area (Å²) in [5.74, 6) is -0.379. The van der Waals surface area contributed by atoms with E-state index >= 15 is 0 Å². The zero-order valence-electron chi connectivity index (χ0n) is 15.7. The number of carbonyl (C=O) groups is 1. The summed E-state index contributed by atoms with van der Waals surface area (Å²) in [4.78, 5) is 16.0. The number of benzene rings is 2. The first-order valence-corrected chi connectivity index (χ1v) is 9.08. The van der Waals surface area contributed by atoms with E-state index in [4.69, 9.17) is 11.5 Å². The standard InChI is InChI=1S/C22H18F3N3O.ClH/c23-22(24,25)15-3-1-2-14(10-15)19-9-8-16(17-11-18(17)26)20(28-19)12-4-6-13(7-5-12)21(27)29;/h1-10,17-18H,11,26H2,(H2,27,29);1H/t17-,18+;/m0./s1. The molecular weight excluding hydrogens is 415 g/mol. The van der Waals surface area contributed by atoms with Crippen LogP contribution in [-0.2, 0) is 6.18 Å². The second-order valence-electron chi connectivity index (χ2n) is 7.16. The lowest BCUT2D eigenvalue weighted by Crippen LogP contribution is -2.10. The normalized spacial score (nSPS) is 17.9. The smallest absolute Gasteiger partial charge is 0.366 e. The Morgan fingerprint density at radius 2 is 1.67 bits per heavy atom. The van der Waals surface area contributed by atoms with Gasteiger partial charge in [0.1, 0.15) is 0 Å². The predicted molar refractivity (Wildman–Crippen MR) is 111 cm³/mol. The van der Waals surface area contributed by atoms with Gasteiger partial charge in [0.2, 0.25) is 5.91 Å². The number of aromatic nitrogens is 1. The van der Waals surface area contributed by atoms with Crippen LogP contribution >= 0.6 is 12.4 Å². The molecule has 1 amide bonds. The Kier molecular flexibility index (Phi) is 5.87. The van der Waals surface area contributed by atoms with Crippen molar-refractivity contribution in [2.45, 2.75) is 24.6 Å². The van der Waals surface area contributed by atoms with Crippen molar-refractivity contribution in [3.05, 3.63) is 77.4 Å². The van der Waals surface area contributed by atoms with E-state index in [0.717, 1.165) is 29.7 Å². The summed E-state index contributed by atoms with van der Waals surface area (Å²) in [6, 6.07) is 15.4. The molecule has 8 heteroatoms. The average molecular weight is 434 g/mol. The van der Waals surface area contributed by atoms with Crippen molar-refractivity contribution >= 4 is 18.3 Å². The Morgan fingerprint density at radius 3 is 2.23 bits per heavy atom. The van der Waals surface area contributed by atoms with Crippen molar-refractivity contribution in [3.63, 3.8) is 0 Å². The van der Waals surface area contributed by atoms with E-state index in [-0.39, 0.29) is 24.4 Å². The van der Waals surface area contributed by atoms with Crippen LogP contribution in [-0.4, -0.2) is 16.9 Å². The molecule has 0 spiro atoms. The highest BCUT2D eigenvalue weighted by atomic mass is 35.5. The third-order valence-electron chi connectivity index (χ3n) is 5.09. The van der Waals surface area contributed by atoms with Gasteiger partial charge in [-0.25, -0.2) is 4.98 Å². The lowest BCUT2D eigenvalue weighted by Gasteiger charge is -2.13. The van der Waals surface area contributed by atoms with Gasteiger partial charge in [0.15, 0.2) is 0 Å². The molecule has 0 bridgehead atoms. The Labute approximate surface area is 177 Å². The Bertz CT molecular complexity index is 1080. The van der Waals surface area contributed by atoms with E-state index in [1.54, 1.807) is 36.4 Å². The molecule has 1 aliphatic rings. The zero-order valence-corrected chi connectivity index (χ0v) is 16.5. The van der Waals surface area contributed by atoms with E-state index < -0.39 is 17.6 Å². The molecule has 4 rings (SSSR count). The van der Waals surface area contributed by atoms with Crippen LogP contribution in [0.3, 0.4) is 0 Å². The van der Waals surface area contributed by atoms with Crippen molar-refractivity contribution in [2.24, 2.45) is 11.5 Å². The molecule has 2 aromatic carbocycles. The molecule has 1 fully saturated rings. The first-order chi connectivity index (χ1) is 13.7. The van der Waals surface area contributed by atoms with Gasteiger partial charge < -0.3 is 11.5 Å². The molecule has 1 heterocycles. The highest BCUT2D eigenvalue weighted by molar-refractivity contribution is 5.93. The summed E-state index contributed by atoms with van der Waals surface area (Å²) in [6.07, 6.45) is -3.60. The van der Waals surface area contributed by atoms with Gasteiger partial charge in [-0.2, -0.15) is 13.2 Å². The maximum Gasteiger partial charge on any atom is 0.416 e. The lowest BCUT2D eigenvalue weighted by molar-refractivity contribution is -0.137. The molecule has 30 heavy (non-hydrogen) atoms. The Balaban J connectivity index is 0.00000256. The minimum Gasteiger partial charge on any atom is -0.366 e. The maximum absolute atomic E-state index is 13.1. The fourth-order valence-corrected chi connectivity index (χ4v) is 3.38. The first kappa shape index (κ1) is 21.8. The van der Waals surface area contributed by atoms with Gasteiger partial charge in [0.25, 0.3) is 0 Å². The number of nitrogens with zero attached hydrogens (tertiary/aromatic N) is 1. The number of primary amides is 1. The number of rotatable bonds is 4. The largest absolute Gasteiger partial charge is 0.416 e. The molecule has 1 aromatic heterocycles. The summed E-state index contributed by atoms with van der Waals surface area (Å²) >= 11 is 0. The topological polar surface area (TPSA) is 82.0 Å². The van der Waals surface area contributed by atoms with E-state index in [1.807, 2.05) is 6.07 Å². The molecular formula is C22H19ClF3N3O. The fourth-order valence-electron chi connectivity index (χ4n) is 3.38. The average Bonchev–Trinajstić information content (AvgIpc) is 3.43. The molecule has 4 nitrogen and oxygen atoms in total. The van der Waals surface area contributed by atoms with Gasteiger partial charge >= 0.3 is 6.18 Å². The number of hydrogen-bond acceptors (Lipinski definition) is 3. The van der Waals surface area contributed by atoms with Gasteiger partial charge in [-0.1, -0.05) is 30.3 Å². The van der Waals surface area contributed by atoms with Crippen LogP contribution in [0, 0.1) is 0 Å². The summed E-state index contributed by atoms with van der Waals surface area (Å²) in [5.41, 5.74) is 14.1. The predicted octanol–water partition coefficient (Wildman–Crippen LogP) is 4.77. The zero-order chi connectivity index (χ0) is 20.8. The monoisotopic (exact) mass is 433 g/mol. The summed E-state index contributed by atoms with van der Waals surface area (Å²) in [6.45, 7) is 0. The highest BCUT2D eigenvalue weighted by Crippen LogP contribution is 2.43. The SMILES string of the molecule is Cl.NC(=O)c1ccc(-c2nc(-c3cccc(C(F)(F)F)c3)ccc2[C@@H]2C[C@H]2N)cc1. The van der Waals surface area contributed by atoms with Crippen LogP contribution in [0.2, 0.25) is 0 Å². The number of pyridine rings is 1. The lowest BCUT2D eigenvalue weighted by atomic mass is 9.98. The van der Waals surface area contributed by atoms with E-state index in [9.17, 15) is 18.0 Å². The molecule has 3 aromatic rings. The molecule has 1 aliphatic carbocycles. The fraction of sp³-hybridized carbons (Fsp3) is 0.182.